The van der Waals surface area contributed by atoms with Crippen LogP contribution in [0.4, 0.5) is 0 Å². The van der Waals surface area contributed by atoms with Crippen LogP contribution in [-0.2, 0) is 14.8 Å². The molecular weight excluding hydrogens is 272 g/mol. The fraction of sp³-hybridized carbons (Fsp3) is 0.727. The van der Waals surface area contributed by atoms with Crippen molar-refractivity contribution >= 4 is 21.4 Å². The number of rotatable bonds is 8. The molecule has 1 heterocycles. The van der Waals surface area contributed by atoms with Crippen molar-refractivity contribution in [2.45, 2.75) is 26.3 Å². The van der Waals surface area contributed by atoms with Crippen LogP contribution in [0, 0.1) is 5.92 Å². The lowest BCUT2D eigenvalue weighted by Gasteiger charge is -2.18. The van der Waals surface area contributed by atoms with E-state index in [2.05, 4.69) is 23.6 Å². The molecule has 7 heteroatoms. The topological polar surface area (TPSA) is 68.3 Å². The van der Waals surface area contributed by atoms with Crippen LogP contribution in [0.25, 0.3) is 0 Å². The Labute approximate surface area is 113 Å². The van der Waals surface area contributed by atoms with E-state index in [-0.39, 0.29) is 18.4 Å². The lowest BCUT2D eigenvalue weighted by molar-refractivity contribution is 0.216. The van der Waals surface area contributed by atoms with Gasteiger partial charge in [0.25, 0.3) is 0 Å². The number of ether oxygens (including phenoxy) is 1. The van der Waals surface area contributed by atoms with E-state index in [0.29, 0.717) is 5.92 Å². The van der Waals surface area contributed by atoms with Crippen LogP contribution in [-0.4, -0.2) is 32.9 Å². The summed E-state index contributed by atoms with van der Waals surface area (Å²) >= 11 is 1.47. The fourth-order valence-corrected chi connectivity index (χ4v) is 3.47. The van der Waals surface area contributed by atoms with Crippen molar-refractivity contribution in [3.05, 3.63) is 16.6 Å². The molecule has 0 aliphatic rings. The van der Waals surface area contributed by atoms with Crippen molar-refractivity contribution in [1.29, 1.82) is 0 Å². The van der Waals surface area contributed by atoms with Crippen molar-refractivity contribution in [2.75, 3.05) is 19.5 Å². The predicted octanol–water partition coefficient (Wildman–Crippen LogP) is 1.80. The maximum Gasteiger partial charge on any atom is 0.214 e. The fourth-order valence-electron chi connectivity index (χ4n) is 1.55. The minimum atomic E-state index is -3.32. The van der Waals surface area contributed by atoms with Gasteiger partial charge in [0.2, 0.25) is 10.0 Å². The average Bonchev–Trinajstić information content (AvgIpc) is 2.78. The van der Waals surface area contributed by atoms with E-state index in [1.807, 2.05) is 5.38 Å². The molecule has 1 rings (SSSR count). The van der Waals surface area contributed by atoms with Gasteiger partial charge in [0, 0.05) is 18.7 Å². The molecule has 0 bridgehead atoms. The first kappa shape index (κ1) is 15.6. The Morgan fingerprint density at radius 3 is 2.72 bits per heavy atom. The first-order valence-corrected chi connectivity index (χ1v) is 8.36. The molecule has 5 nitrogen and oxygen atoms in total. The third-order valence-corrected chi connectivity index (χ3v) is 4.57. The number of nitrogens with one attached hydrogen (secondary N) is 1. The highest BCUT2D eigenvalue weighted by molar-refractivity contribution is 7.89. The maximum absolute atomic E-state index is 11.9. The summed E-state index contributed by atoms with van der Waals surface area (Å²) in [5.74, 6) is 0.368. The van der Waals surface area contributed by atoms with Gasteiger partial charge in [-0.2, -0.15) is 0 Å². The molecule has 1 unspecified atom stereocenters. The van der Waals surface area contributed by atoms with Gasteiger partial charge in [0.15, 0.2) is 0 Å². The standard InChI is InChI=1S/C11H20N2O3S2/c1-9(2)8-10(11-12-4-6-17-11)13-18(14,15)7-5-16-3/h4,6,9-10,13H,5,7-8H2,1-3H3. The van der Waals surface area contributed by atoms with Crippen molar-refractivity contribution in [1.82, 2.24) is 9.71 Å². The van der Waals surface area contributed by atoms with Gasteiger partial charge in [-0.3, -0.25) is 0 Å². The summed E-state index contributed by atoms with van der Waals surface area (Å²) in [4.78, 5) is 4.19. The van der Waals surface area contributed by atoms with E-state index in [1.54, 1.807) is 6.20 Å². The largest absolute Gasteiger partial charge is 0.384 e. The Kier molecular flexibility index (Phi) is 6.20. The van der Waals surface area contributed by atoms with Gasteiger partial charge in [-0.1, -0.05) is 13.8 Å². The third kappa shape index (κ3) is 5.43. The van der Waals surface area contributed by atoms with Crippen LogP contribution in [0.1, 0.15) is 31.3 Å². The normalized spacial score (nSPS) is 14.0. The van der Waals surface area contributed by atoms with Crippen molar-refractivity contribution in [2.24, 2.45) is 5.92 Å². The third-order valence-electron chi connectivity index (χ3n) is 2.33. The monoisotopic (exact) mass is 292 g/mol. The number of sulfonamides is 1. The van der Waals surface area contributed by atoms with Gasteiger partial charge in [-0.25, -0.2) is 18.1 Å². The van der Waals surface area contributed by atoms with Crippen molar-refractivity contribution in [3.63, 3.8) is 0 Å². The summed E-state index contributed by atoms with van der Waals surface area (Å²) in [5, 5.41) is 2.66. The lowest BCUT2D eigenvalue weighted by Crippen LogP contribution is -2.32. The van der Waals surface area contributed by atoms with E-state index in [0.717, 1.165) is 11.4 Å². The van der Waals surface area contributed by atoms with E-state index >= 15 is 0 Å². The molecule has 0 aromatic carbocycles. The molecule has 0 aliphatic carbocycles. The number of methoxy groups -OCH3 is 1. The summed E-state index contributed by atoms with van der Waals surface area (Å²) in [6.45, 7) is 4.32. The number of aromatic nitrogens is 1. The lowest BCUT2D eigenvalue weighted by atomic mass is 10.1. The second-order valence-electron chi connectivity index (χ2n) is 4.48. The van der Waals surface area contributed by atoms with Crippen LogP contribution >= 0.6 is 11.3 Å². The molecule has 0 radical (unpaired) electrons. The van der Waals surface area contributed by atoms with Gasteiger partial charge >= 0.3 is 0 Å². The first-order chi connectivity index (χ1) is 8.44. The van der Waals surface area contributed by atoms with Gasteiger partial charge < -0.3 is 4.74 Å². The van der Waals surface area contributed by atoms with Gasteiger partial charge in [-0.05, 0) is 12.3 Å². The van der Waals surface area contributed by atoms with Gasteiger partial charge in [0.1, 0.15) is 5.01 Å². The SMILES string of the molecule is COCCS(=O)(=O)NC(CC(C)C)c1nccs1. The van der Waals surface area contributed by atoms with Gasteiger partial charge in [-0.15, -0.1) is 11.3 Å². The molecule has 1 atom stereocenters. The highest BCUT2D eigenvalue weighted by atomic mass is 32.2. The average molecular weight is 292 g/mol. The number of nitrogens with zero attached hydrogens (tertiary/aromatic N) is 1. The Balaban J connectivity index is 2.73. The Morgan fingerprint density at radius 2 is 2.22 bits per heavy atom. The number of thiazole rings is 1. The Morgan fingerprint density at radius 1 is 1.50 bits per heavy atom. The van der Waals surface area contributed by atoms with Crippen LogP contribution < -0.4 is 4.72 Å². The number of hydrogen-bond donors (Lipinski definition) is 1. The molecule has 0 spiro atoms. The van der Waals surface area contributed by atoms with E-state index in [4.69, 9.17) is 4.74 Å². The predicted molar refractivity (Wildman–Crippen MR) is 73.1 cm³/mol. The zero-order valence-electron chi connectivity index (χ0n) is 10.9. The quantitative estimate of drug-likeness (QED) is 0.793. The van der Waals surface area contributed by atoms with E-state index in [9.17, 15) is 8.42 Å². The molecule has 1 aromatic rings. The second kappa shape index (κ2) is 7.18. The summed E-state index contributed by atoms with van der Waals surface area (Å²) < 4.78 is 31.2. The molecule has 18 heavy (non-hydrogen) atoms. The zero-order chi connectivity index (χ0) is 13.6. The summed E-state index contributed by atoms with van der Waals surface area (Å²) in [5.41, 5.74) is 0. The maximum atomic E-state index is 11.9. The van der Waals surface area contributed by atoms with Gasteiger partial charge in [0.05, 0.1) is 18.4 Å². The molecule has 104 valence electrons. The zero-order valence-corrected chi connectivity index (χ0v) is 12.6. The van der Waals surface area contributed by atoms with E-state index in [1.165, 1.54) is 18.4 Å². The molecule has 0 amide bonds. The summed E-state index contributed by atoms with van der Waals surface area (Å²) in [6, 6.07) is -0.244. The number of hydrogen-bond acceptors (Lipinski definition) is 5. The minimum absolute atomic E-state index is 0.0243. The highest BCUT2D eigenvalue weighted by Crippen LogP contribution is 2.23. The Hall–Kier alpha value is -0.500. The molecule has 0 aliphatic heterocycles. The molecule has 1 aromatic heterocycles. The van der Waals surface area contributed by atoms with Crippen molar-refractivity contribution in [3.8, 4) is 0 Å². The minimum Gasteiger partial charge on any atom is -0.384 e. The molecule has 0 saturated carbocycles. The molecule has 0 fully saturated rings. The molecular formula is C11H20N2O3S2. The van der Waals surface area contributed by atoms with Crippen LogP contribution in [0.3, 0.4) is 0 Å². The van der Waals surface area contributed by atoms with Crippen LogP contribution in [0.15, 0.2) is 11.6 Å². The van der Waals surface area contributed by atoms with Crippen LogP contribution in [0.2, 0.25) is 0 Å². The van der Waals surface area contributed by atoms with Crippen LogP contribution in [0.5, 0.6) is 0 Å². The van der Waals surface area contributed by atoms with E-state index < -0.39 is 10.0 Å². The van der Waals surface area contributed by atoms with Crippen molar-refractivity contribution < 1.29 is 13.2 Å². The summed E-state index contributed by atoms with van der Waals surface area (Å²) in [7, 11) is -1.83. The summed E-state index contributed by atoms with van der Waals surface area (Å²) in [6.07, 6.45) is 2.43. The highest BCUT2D eigenvalue weighted by Gasteiger charge is 2.22. The first-order valence-electron chi connectivity index (χ1n) is 5.83. The Bertz CT molecular complexity index is 429. The second-order valence-corrected chi connectivity index (χ2v) is 7.28. The molecule has 1 N–H and O–H groups in total. The smallest absolute Gasteiger partial charge is 0.214 e. The molecule has 0 saturated heterocycles.